The highest BCUT2D eigenvalue weighted by Gasteiger charge is 2.18. The second kappa shape index (κ2) is 28.8. The number of ketones is 1. The SMILES string of the molecule is CC.CC.CCCCCCCC(=O)CCC(CC)[C@H](CC)C/C=C\CCCC(=O)Oc1cccc(CO[N+](=O)[O-])c1. The normalized spacial score (nSPS) is 11.9. The van der Waals surface area contributed by atoms with Crippen LogP contribution < -0.4 is 4.74 Å². The number of nitrogens with zero attached hydrogens (tertiary/aromatic N) is 1. The first-order valence-electron chi connectivity index (χ1n) is 16.1. The van der Waals surface area contributed by atoms with Gasteiger partial charge in [0.2, 0.25) is 0 Å². The van der Waals surface area contributed by atoms with Crippen molar-refractivity contribution in [1.29, 1.82) is 0 Å². The molecule has 0 aliphatic carbocycles. The van der Waals surface area contributed by atoms with Crippen molar-refractivity contribution in [2.75, 3.05) is 0 Å². The number of rotatable bonds is 22. The van der Waals surface area contributed by atoms with Gasteiger partial charge in [0.1, 0.15) is 18.1 Å². The average molecular weight is 578 g/mol. The summed E-state index contributed by atoms with van der Waals surface area (Å²) in [5.41, 5.74) is 0.563. The molecule has 0 saturated carbocycles. The van der Waals surface area contributed by atoms with Gasteiger partial charge in [-0.1, -0.05) is 111 Å². The molecule has 0 saturated heterocycles. The van der Waals surface area contributed by atoms with Gasteiger partial charge in [-0.15, -0.1) is 10.1 Å². The first-order valence-corrected chi connectivity index (χ1v) is 16.1. The fourth-order valence-corrected chi connectivity index (χ4v) is 4.62. The number of hydrogen-bond donors (Lipinski definition) is 0. The van der Waals surface area contributed by atoms with Gasteiger partial charge in [-0.2, -0.15) is 0 Å². The summed E-state index contributed by atoms with van der Waals surface area (Å²) in [6.45, 7) is 14.5. The summed E-state index contributed by atoms with van der Waals surface area (Å²) in [6, 6.07) is 6.55. The van der Waals surface area contributed by atoms with Gasteiger partial charge in [-0.05, 0) is 61.6 Å². The van der Waals surface area contributed by atoms with E-state index in [2.05, 4.69) is 37.8 Å². The molecular weight excluding hydrogens is 518 g/mol. The molecule has 0 aliphatic heterocycles. The maximum absolute atomic E-state index is 12.3. The number of unbranched alkanes of at least 4 members (excludes halogenated alkanes) is 5. The monoisotopic (exact) mass is 577 g/mol. The first kappa shape index (κ1) is 40.4. The fraction of sp³-hybridized carbons (Fsp3) is 0.706. The molecule has 2 atom stereocenters. The minimum atomic E-state index is -0.852. The van der Waals surface area contributed by atoms with E-state index in [1.54, 1.807) is 24.3 Å². The van der Waals surface area contributed by atoms with Crippen LogP contribution in [0.4, 0.5) is 0 Å². The van der Waals surface area contributed by atoms with Crippen molar-refractivity contribution in [3.63, 3.8) is 0 Å². The number of allylic oxidation sites excluding steroid dienone is 2. The number of benzene rings is 1. The van der Waals surface area contributed by atoms with Gasteiger partial charge in [-0.3, -0.25) is 9.59 Å². The van der Waals surface area contributed by atoms with E-state index in [4.69, 9.17) is 4.74 Å². The Morgan fingerprint density at radius 1 is 0.878 bits per heavy atom. The Hall–Kier alpha value is -2.70. The van der Waals surface area contributed by atoms with E-state index in [0.717, 1.165) is 44.9 Å². The lowest BCUT2D eigenvalue weighted by Crippen LogP contribution is -2.14. The number of hydrogen-bond acceptors (Lipinski definition) is 6. The highest BCUT2D eigenvalue weighted by atomic mass is 16.9. The molecule has 0 amide bonds. The molecule has 0 aliphatic rings. The summed E-state index contributed by atoms with van der Waals surface area (Å²) in [6.07, 6.45) is 17.7. The van der Waals surface area contributed by atoms with Gasteiger partial charge in [0.25, 0.3) is 5.09 Å². The van der Waals surface area contributed by atoms with Crippen molar-refractivity contribution in [3.05, 3.63) is 52.1 Å². The molecule has 0 N–H and O–H groups in total. The summed E-state index contributed by atoms with van der Waals surface area (Å²) < 4.78 is 5.34. The van der Waals surface area contributed by atoms with E-state index >= 15 is 0 Å². The summed E-state index contributed by atoms with van der Waals surface area (Å²) in [7, 11) is 0. The molecule has 0 spiro atoms. The first-order chi connectivity index (χ1) is 19.9. The van der Waals surface area contributed by atoms with Crippen molar-refractivity contribution < 1.29 is 24.3 Å². The van der Waals surface area contributed by atoms with E-state index in [9.17, 15) is 19.7 Å². The van der Waals surface area contributed by atoms with Crippen molar-refractivity contribution in [2.24, 2.45) is 11.8 Å². The van der Waals surface area contributed by atoms with Crippen molar-refractivity contribution in [1.82, 2.24) is 0 Å². The second-order valence-electron chi connectivity index (χ2n) is 9.80. The number of Topliss-reactive ketones (excluding diaryl/α,β-unsaturated/α-hetero) is 1. The molecule has 1 unspecified atom stereocenters. The van der Waals surface area contributed by atoms with Gasteiger partial charge < -0.3 is 9.57 Å². The summed E-state index contributed by atoms with van der Waals surface area (Å²) in [4.78, 5) is 39.1. The lowest BCUT2D eigenvalue weighted by atomic mass is 9.81. The van der Waals surface area contributed by atoms with Crippen LogP contribution in [-0.4, -0.2) is 16.8 Å². The van der Waals surface area contributed by atoms with Crippen LogP contribution in [0.15, 0.2) is 36.4 Å². The largest absolute Gasteiger partial charge is 0.427 e. The second-order valence-corrected chi connectivity index (χ2v) is 9.80. The molecule has 0 radical (unpaired) electrons. The molecule has 0 bridgehead atoms. The molecule has 0 fully saturated rings. The van der Waals surface area contributed by atoms with Crippen LogP contribution in [0.25, 0.3) is 0 Å². The Morgan fingerprint density at radius 3 is 2.20 bits per heavy atom. The van der Waals surface area contributed by atoms with E-state index in [0.29, 0.717) is 48.2 Å². The summed E-state index contributed by atoms with van der Waals surface area (Å²) >= 11 is 0. The number of ether oxygens (including phenoxy) is 1. The highest BCUT2D eigenvalue weighted by Crippen LogP contribution is 2.28. The third-order valence-corrected chi connectivity index (χ3v) is 6.89. The van der Waals surface area contributed by atoms with Crippen LogP contribution in [0.1, 0.15) is 144 Å². The Labute approximate surface area is 250 Å². The van der Waals surface area contributed by atoms with Crippen molar-refractivity contribution in [2.45, 2.75) is 145 Å². The third-order valence-electron chi connectivity index (χ3n) is 6.89. The molecule has 7 heteroatoms. The Bertz CT molecular complexity index is 823. The van der Waals surface area contributed by atoms with Crippen LogP contribution in [-0.2, 0) is 21.0 Å². The van der Waals surface area contributed by atoms with Gasteiger partial charge in [-0.25, -0.2) is 0 Å². The molecule has 236 valence electrons. The minimum absolute atomic E-state index is 0.184. The quantitative estimate of drug-likeness (QED) is 0.0340. The average Bonchev–Trinajstić information content (AvgIpc) is 2.99. The molecule has 7 nitrogen and oxygen atoms in total. The van der Waals surface area contributed by atoms with Crippen molar-refractivity contribution >= 4 is 11.8 Å². The zero-order valence-corrected chi connectivity index (χ0v) is 27.1. The Balaban J connectivity index is 0. The predicted octanol–water partition coefficient (Wildman–Crippen LogP) is 10.2. The molecule has 1 aromatic carbocycles. The van der Waals surface area contributed by atoms with E-state index < -0.39 is 5.09 Å². The van der Waals surface area contributed by atoms with Crippen LogP contribution in [0.5, 0.6) is 5.75 Å². The highest BCUT2D eigenvalue weighted by molar-refractivity contribution is 5.78. The fourth-order valence-electron chi connectivity index (χ4n) is 4.62. The predicted molar refractivity (Wildman–Crippen MR) is 169 cm³/mol. The maximum Gasteiger partial charge on any atom is 0.311 e. The van der Waals surface area contributed by atoms with Gasteiger partial charge >= 0.3 is 5.97 Å². The zero-order valence-electron chi connectivity index (χ0n) is 27.1. The third kappa shape index (κ3) is 22.6. The lowest BCUT2D eigenvalue weighted by molar-refractivity contribution is -0.763. The number of carbonyl (C=O) groups excluding carboxylic acids is 2. The standard InChI is InChI=1S/C30H47NO6.2C2H6/c1-4-7-8-9-13-18-28(32)22-21-27(6-3)26(5-2)17-12-10-11-14-20-30(33)37-29-19-15-16-25(23-29)24-36-31(34)35;2*1-2/h10,12,15-16,19,23,26-27H,4-9,11,13-14,17-18,20-22,24H2,1-3H3;2*1-2H3/b12-10-;;/t26-,27?;;/m1../s1. The van der Waals surface area contributed by atoms with E-state index in [-0.39, 0.29) is 12.6 Å². The van der Waals surface area contributed by atoms with Crippen LogP contribution in [0.2, 0.25) is 0 Å². The molecule has 1 rings (SSSR count). The van der Waals surface area contributed by atoms with Gasteiger partial charge in [0.05, 0.1) is 0 Å². The number of carbonyl (C=O) groups is 2. The van der Waals surface area contributed by atoms with Crippen LogP contribution >= 0.6 is 0 Å². The summed E-state index contributed by atoms with van der Waals surface area (Å²) in [5.74, 6) is 1.60. The molecule has 41 heavy (non-hydrogen) atoms. The Morgan fingerprint density at radius 2 is 1.56 bits per heavy atom. The van der Waals surface area contributed by atoms with Crippen LogP contribution in [0, 0.1) is 22.0 Å². The van der Waals surface area contributed by atoms with Crippen molar-refractivity contribution in [3.8, 4) is 5.75 Å². The topological polar surface area (TPSA) is 95.7 Å². The zero-order chi connectivity index (χ0) is 31.3. The lowest BCUT2D eigenvalue weighted by Gasteiger charge is -2.24. The maximum atomic E-state index is 12.3. The number of esters is 1. The van der Waals surface area contributed by atoms with Gasteiger partial charge in [0, 0.05) is 19.3 Å². The molecule has 1 aromatic rings. The smallest absolute Gasteiger partial charge is 0.311 e. The summed E-state index contributed by atoms with van der Waals surface area (Å²) in [5, 5.41) is 9.47. The molecule has 0 aromatic heterocycles. The van der Waals surface area contributed by atoms with Gasteiger partial charge in [0.15, 0.2) is 0 Å². The Kier molecular flexibility index (Phi) is 28.4. The minimum Gasteiger partial charge on any atom is -0.427 e. The van der Waals surface area contributed by atoms with Crippen LogP contribution in [0.3, 0.4) is 0 Å². The molecule has 0 heterocycles. The van der Waals surface area contributed by atoms with E-state index in [1.807, 2.05) is 27.7 Å². The molecular formula is C34H59NO6. The van der Waals surface area contributed by atoms with E-state index in [1.165, 1.54) is 25.7 Å².